The van der Waals surface area contributed by atoms with E-state index >= 15 is 0 Å². The second kappa shape index (κ2) is 13.2. The molecule has 0 aliphatic carbocycles. The molecule has 0 aliphatic heterocycles. The summed E-state index contributed by atoms with van der Waals surface area (Å²) in [5, 5.41) is 12.7. The Bertz CT molecular complexity index is 876. The van der Waals surface area contributed by atoms with Gasteiger partial charge in [-0.05, 0) is 87.7 Å². The average Bonchev–Trinajstić information content (AvgIpc) is 2.70. The molecule has 186 valence electrons. The van der Waals surface area contributed by atoms with Crippen LogP contribution in [0, 0.1) is 0 Å². The lowest BCUT2D eigenvalue weighted by molar-refractivity contribution is 0.0511. The number of hydrogen-bond acceptors (Lipinski definition) is 6. The fraction of sp³-hybridized carbons (Fsp3) is 0.636. The van der Waals surface area contributed by atoms with Crippen LogP contribution in [0.5, 0.6) is 0 Å². The lowest BCUT2D eigenvalue weighted by Crippen LogP contribution is -2.33. The largest absolute Gasteiger partial charge is 0.444 e. The van der Waals surface area contributed by atoms with Gasteiger partial charge in [0.15, 0.2) is 0 Å². The SMILES string of the molecule is CC(C)(C)OC(=O)NCc1ccc(CNC(=O)OC(C)(C)C)c(CCN=[N+]=[N-])c1CCN=[N+]=[N-]. The third-order valence-electron chi connectivity index (χ3n) is 4.32. The molecular formula is C22H34N8O4. The lowest BCUT2D eigenvalue weighted by atomic mass is 9.91. The number of carbonyl (C=O) groups is 2. The third kappa shape index (κ3) is 11.3. The van der Waals surface area contributed by atoms with Crippen LogP contribution in [0.4, 0.5) is 9.59 Å². The molecule has 0 saturated heterocycles. The van der Waals surface area contributed by atoms with Crippen molar-refractivity contribution in [3.8, 4) is 0 Å². The molecule has 1 aromatic rings. The van der Waals surface area contributed by atoms with Gasteiger partial charge in [0.05, 0.1) is 0 Å². The molecular weight excluding hydrogens is 440 g/mol. The molecule has 12 nitrogen and oxygen atoms in total. The monoisotopic (exact) mass is 474 g/mol. The van der Waals surface area contributed by atoms with Gasteiger partial charge in [-0.15, -0.1) is 0 Å². The summed E-state index contributed by atoms with van der Waals surface area (Å²) in [6.45, 7) is 11.4. The molecule has 0 atom stereocenters. The molecule has 0 aliphatic rings. The zero-order valence-electron chi connectivity index (χ0n) is 20.7. The zero-order chi connectivity index (χ0) is 25.8. The van der Waals surface area contributed by atoms with Gasteiger partial charge in [0, 0.05) is 36.0 Å². The molecule has 1 aromatic carbocycles. The van der Waals surface area contributed by atoms with Gasteiger partial charge in [-0.1, -0.05) is 22.4 Å². The molecule has 0 spiro atoms. The number of carbonyl (C=O) groups excluding carboxylic acids is 2. The minimum atomic E-state index is -0.633. The topological polar surface area (TPSA) is 174 Å². The van der Waals surface area contributed by atoms with E-state index in [1.807, 2.05) is 12.1 Å². The van der Waals surface area contributed by atoms with E-state index in [9.17, 15) is 9.59 Å². The first-order valence-electron chi connectivity index (χ1n) is 10.9. The summed E-state index contributed by atoms with van der Waals surface area (Å²) in [6, 6.07) is 3.68. The number of azide groups is 2. The van der Waals surface area contributed by atoms with Crippen LogP contribution in [0.25, 0.3) is 20.9 Å². The van der Waals surface area contributed by atoms with Gasteiger partial charge >= 0.3 is 12.2 Å². The van der Waals surface area contributed by atoms with Crippen molar-refractivity contribution in [2.45, 2.75) is 78.7 Å². The maximum absolute atomic E-state index is 12.1. The molecule has 2 amide bonds. The molecule has 0 aromatic heterocycles. The lowest BCUT2D eigenvalue weighted by Gasteiger charge is -2.22. The number of ether oxygens (including phenoxy) is 2. The van der Waals surface area contributed by atoms with Gasteiger partial charge in [0.1, 0.15) is 11.2 Å². The second-order valence-corrected chi connectivity index (χ2v) is 9.46. The van der Waals surface area contributed by atoms with Crippen LogP contribution >= 0.6 is 0 Å². The summed E-state index contributed by atoms with van der Waals surface area (Å²) in [5.41, 5.74) is 19.4. The van der Waals surface area contributed by atoms with E-state index in [1.54, 1.807) is 41.5 Å². The quantitative estimate of drug-likeness (QED) is 0.261. The minimum absolute atomic E-state index is 0.189. The predicted molar refractivity (Wildman–Crippen MR) is 128 cm³/mol. The number of benzene rings is 1. The maximum atomic E-state index is 12.1. The summed E-state index contributed by atoms with van der Waals surface area (Å²) in [6.07, 6.45) is -0.303. The number of amides is 2. The first-order valence-corrected chi connectivity index (χ1v) is 10.9. The van der Waals surface area contributed by atoms with Crippen molar-refractivity contribution in [1.29, 1.82) is 0 Å². The highest BCUT2D eigenvalue weighted by Crippen LogP contribution is 2.23. The van der Waals surface area contributed by atoms with Crippen LogP contribution in [0.15, 0.2) is 22.4 Å². The van der Waals surface area contributed by atoms with E-state index in [1.165, 1.54) is 0 Å². The molecule has 0 radical (unpaired) electrons. The van der Waals surface area contributed by atoms with E-state index < -0.39 is 23.4 Å². The van der Waals surface area contributed by atoms with Gasteiger partial charge in [-0.25, -0.2) is 9.59 Å². The van der Waals surface area contributed by atoms with E-state index in [2.05, 4.69) is 30.7 Å². The van der Waals surface area contributed by atoms with Crippen molar-refractivity contribution in [1.82, 2.24) is 10.6 Å². The zero-order valence-corrected chi connectivity index (χ0v) is 20.7. The Morgan fingerprint density at radius 1 is 0.794 bits per heavy atom. The van der Waals surface area contributed by atoms with E-state index in [-0.39, 0.29) is 26.2 Å². The molecule has 0 saturated carbocycles. The number of nitrogens with one attached hydrogen (secondary N) is 2. The smallest absolute Gasteiger partial charge is 0.407 e. The minimum Gasteiger partial charge on any atom is -0.444 e. The molecule has 0 unspecified atom stereocenters. The molecule has 0 fully saturated rings. The van der Waals surface area contributed by atoms with Gasteiger partial charge in [0.2, 0.25) is 0 Å². The third-order valence-corrected chi connectivity index (χ3v) is 4.32. The molecule has 2 N–H and O–H groups in total. The van der Waals surface area contributed by atoms with Crippen LogP contribution in [0.3, 0.4) is 0 Å². The molecule has 0 heterocycles. The number of alkyl carbamates (subject to hydrolysis) is 2. The first kappa shape index (κ1) is 28.4. The van der Waals surface area contributed by atoms with Crippen molar-refractivity contribution in [3.05, 3.63) is 55.3 Å². The van der Waals surface area contributed by atoms with Crippen molar-refractivity contribution < 1.29 is 19.1 Å². The molecule has 0 bridgehead atoms. The van der Waals surface area contributed by atoms with Gasteiger partial charge in [-0.2, -0.15) is 0 Å². The summed E-state index contributed by atoms with van der Waals surface area (Å²) in [7, 11) is 0. The van der Waals surface area contributed by atoms with Crippen LogP contribution in [0.2, 0.25) is 0 Å². The van der Waals surface area contributed by atoms with Crippen molar-refractivity contribution in [2.75, 3.05) is 13.1 Å². The van der Waals surface area contributed by atoms with E-state index in [4.69, 9.17) is 20.5 Å². The highest BCUT2D eigenvalue weighted by molar-refractivity contribution is 5.68. The van der Waals surface area contributed by atoms with E-state index in [0.717, 1.165) is 22.3 Å². The molecule has 34 heavy (non-hydrogen) atoms. The Balaban J connectivity index is 3.24. The van der Waals surface area contributed by atoms with Gasteiger partial charge in [0.25, 0.3) is 0 Å². The summed E-state index contributed by atoms with van der Waals surface area (Å²) in [4.78, 5) is 29.9. The number of hydrogen-bond donors (Lipinski definition) is 2. The van der Waals surface area contributed by atoms with Crippen LogP contribution in [-0.2, 0) is 35.4 Å². The summed E-state index contributed by atoms with van der Waals surface area (Å²) in [5.74, 6) is 0. The number of rotatable bonds is 10. The van der Waals surface area contributed by atoms with Crippen molar-refractivity contribution in [2.24, 2.45) is 10.2 Å². The Kier molecular flexibility index (Phi) is 11.0. The molecule has 12 heteroatoms. The Morgan fingerprint density at radius 2 is 1.15 bits per heavy atom. The molecule has 1 rings (SSSR count). The van der Waals surface area contributed by atoms with Crippen LogP contribution < -0.4 is 10.6 Å². The fourth-order valence-electron chi connectivity index (χ4n) is 3.12. The standard InChI is InChI=1S/C22H34N8O4/c1-21(2,3)33-19(31)25-13-15-7-8-16(14-26-20(32)34-22(4,5)6)18(10-12-28-30-24)17(15)9-11-27-29-23/h7-8H,9-14H2,1-6H3,(H,25,31)(H,26,32). The normalized spacial score (nSPS) is 11.0. The number of nitrogens with zero attached hydrogens (tertiary/aromatic N) is 6. The summed E-state index contributed by atoms with van der Waals surface area (Å²) >= 11 is 0. The maximum Gasteiger partial charge on any atom is 0.407 e. The highest BCUT2D eigenvalue weighted by Gasteiger charge is 2.19. The Labute approximate surface area is 199 Å². The Morgan fingerprint density at radius 3 is 1.44 bits per heavy atom. The van der Waals surface area contributed by atoms with Crippen molar-refractivity contribution in [3.63, 3.8) is 0 Å². The Hall–Kier alpha value is -3.62. The predicted octanol–water partition coefficient (Wildman–Crippen LogP) is 5.44. The van der Waals surface area contributed by atoms with Gasteiger partial charge < -0.3 is 20.1 Å². The second-order valence-electron chi connectivity index (χ2n) is 9.46. The highest BCUT2D eigenvalue weighted by atomic mass is 16.6. The van der Waals surface area contributed by atoms with E-state index in [0.29, 0.717) is 12.8 Å². The average molecular weight is 475 g/mol. The van der Waals surface area contributed by atoms with Gasteiger partial charge in [-0.3, -0.25) is 0 Å². The summed E-state index contributed by atoms with van der Waals surface area (Å²) < 4.78 is 10.6. The van der Waals surface area contributed by atoms with Crippen LogP contribution in [-0.4, -0.2) is 36.5 Å². The fourth-order valence-corrected chi connectivity index (χ4v) is 3.12. The van der Waals surface area contributed by atoms with Crippen LogP contribution in [0.1, 0.15) is 63.8 Å². The first-order chi connectivity index (χ1) is 15.9. The van der Waals surface area contributed by atoms with Crippen molar-refractivity contribution >= 4 is 12.2 Å².